The number of aromatic nitrogens is 2. The van der Waals surface area contributed by atoms with Crippen LogP contribution in [0.4, 0.5) is 10.2 Å². The molecular weight excluding hydrogens is 407 g/mol. The van der Waals surface area contributed by atoms with Gasteiger partial charge in [-0.1, -0.05) is 48.5 Å². The molecular formula is C25H27FN4O2. The van der Waals surface area contributed by atoms with Gasteiger partial charge in [0.15, 0.2) is 0 Å². The molecule has 1 amide bonds. The van der Waals surface area contributed by atoms with Gasteiger partial charge in [0.1, 0.15) is 18.2 Å². The van der Waals surface area contributed by atoms with E-state index >= 15 is 0 Å². The molecule has 1 saturated heterocycles. The van der Waals surface area contributed by atoms with Gasteiger partial charge in [0.2, 0.25) is 5.91 Å². The summed E-state index contributed by atoms with van der Waals surface area (Å²) in [6, 6.07) is 19.9. The Morgan fingerprint density at radius 2 is 1.72 bits per heavy atom. The van der Waals surface area contributed by atoms with Gasteiger partial charge in [-0.15, -0.1) is 0 Å². The molecule has 0 saturated carbocycles. The summed E-state index contributed by atoms with van der Waals surface area (Å²) in [6.45, 7) is 1.59. The zero-order valence-electron chi connectivity index (χ0n) is 17.9. The summed E-state index contributed by atoms with van der Waals surface area (Å²) in [5.41, 5.74) is 1.42. The van der Waals surface area contributed by atoms with E-state index in [0.717, 1.165) is 32.4 Å². The molecule has 2 aromatic carbocycles. The van der Waals surface area contributed by atoms with Crippen LogP contribution in [-0.4, -0.2) is 28.8 Å². The van der Waals surface area contributed by atoms with E-state index in [9.17, 15) is 14.0 Å². The van der Waals surface area contributed by atoms with Crippen LogP contribution in [0.5, 0.6) is 0 Å². The van der Waals surface area contributed by atoms with Gasteiger partial charge in [-0.05, 0) is 42.9 Å². The summed E-state index contributed by atoms with van der Waals surface area (Å²) < 4.78 is 14.9. The van der Waals surface area contributed by atoms with Gasteiger partial charge < -0.3 is 10.2 Å². The van der Waals surface area contributed by atoms with Crippen molar-refractivity contribution in [1.29, 1.82) is 0 Å². The number of piperidine rings is 1. The Labute approximate surface area is 186 Å². The van der Waals surface area contributed by atoms with Crippen molar-refractivity contribution in [2.75, 3.05) is 18.0 Å². The van der Waals surface area contributed by atoms with E-state index in [2.05, 4.69) is 39.6 Å². The van der Waals surface area contributed by atoms with Gasteiger partial charge in [-0.3, -0.25) is 9.59 Å². The Bertz CT molecular complexity index is 1110. The molecule has 2 heterocycles. The number of carbonyl (C=O) groups excluding carboxylic acids is 1. The molecule has 32 heavy (non-hydrogen) atoms. The maximum Gasteiger partial charge on any atom is 0.267 e. The first-order valence-corrected chi connectivity index (χ1v) is 11.0. The van der Waals surface area contributed by atoms with E-state index in [1.807, 2.05) is 6.07 Å². The molecule has 1 N–H and O–H groups in total. The molecule has 6 nitrogen and oxygen atoms in total. The van der Waals surface area contributed by atoms with Crippen LogP contribution in [0.3, 0.4) is 0 Å². The standard InChI is InChI=1S/C25H27FN4O2/c26-22-9-5-4-8-21(22)17-27-24(31)18-30-25(32)11-10-23(28-30)29-14-12-20(13-15-29)16-19-6-2-1-3-7-19/h1-11,20H,12-18H2,(H,27,31). The summed E-state index contributed by atoms with van der Waals surface area (Å²) in [6.07, 6.45) is 3.18. The molecule has 7 heteroatoms. The molecule has 0 bridgehead atoms. The van der Waals surface area contributed by atoms with Crippen molar-refractivity contribution < 1.29 is 9.18 Å². The number of halogens is 1. The van der Waals surface area contributed by atoms with Crippen LogP contribution >= 0.6 is 0 Å². The maximum absolute atomic E-state index is 13.7. The normalized spacial score (nSPS) is 14.3. The topological polar surface area (TPSA) is 67.2 Å². The van der Waals surface area contributed by atoms with Crippen LogP contribution in [-0.2, 0) is 24.3 Å². The van der Waals surface area contributed by atoms with E-state index in [0.29, 0.717) is 17.3 Å². The largest absolute Gasteiger partial charge is 0.355 e. The van der Waals surface area contributed by atoms with Gasteiger partial charge >= 0.3 is 0 Å². The number of anilines is 1. The lowest BCUT2D eigenvalue weighted by Gasteiger charge is -2.33. The van der Waals surface area contributed by atoms with Crippen LogP contribution in [0.25, 0.3) is 0 Å². The van der Waals surface area contributed by atoms with Crippen molar-refractivity contribution in [2.24, 2.45) is 5.92 Å². The second-order valence-electron chi connectivity index (χ2n) is 8.18. The lowest BCUT2D eigenvalue weighted by atomic mass is 9.90. The van der Waals surface area contributed by atoms with Gasteiger partial charge in [0, 0.05) is 31.3 Å². The fourth-order valence-corrected chi connectivity index (χ4v) is 4.06. The molecule has 0 atom stereocenters. The first kappa shape index (κ1) is 21.7. The second kappa shape index (κ2) is 10.2. The van der Waals surface area contributed by atoms with Crippen LogP contribution in [0.2, 0.25) is 0 Å². The maximum atomic E-state index is 13.7. The molecule has 1 aliphatic rings. The molecule has 0 radical (unpaired) electrons. The molecule has 1 aromatic heterocycles. The molecule has 0 aliphatic carbocycles. The minimum absolute atomic E-state index is 0.0644. The van der Waals surface area contributed by atoms with Crippen LogP contribution < -0.4 is 15.8 Å². The number of amides is 1. The number of carbonyl (C=O) groups is 1. The summed E-state index contributed by atoms with van der Waals surface area (Å²) in [5.74, 6) is 0.565. The van der Waals surface area contributed by atoms with Crippen LogP contribution in [0.15, 0.2) is 71.5 Å². The first-order valence-electron chi connectivity index (χ1n) is 11.0. The average Bonchev–Trinajstić information content (AvgIpc) is 2.81. The quantitative estimate of drug-likeness (QED) is 0.620. The van der Waals surface area contributed by atoms with Gasteiger partial charge in [-0.25, -0.2) is 9.07 Å². The average molecular weight is 435 g/mol. The highest BCUT2D eigenvalue weighted by atomic mass is 19.1. The lowest BCUT2D eigenvalue weighted by molar-refractivity contribution is -0.122. The van der Waals surface area contributed by atoms with Crippen molar-refractivity contribution in [3.8, 4) is 0 Å². The predicted molar refractivity (Wildman–Crippen MR) is 122 cm³/mol. The Morgan fingerprint density at radius 3 is 2.47 bits per heavy atom. The molecule has 1 aliphatic heterocycles. The zero-order valence-corrected chi connectivity index (χ0v) is 17.9. The van der Waals surface area contributed by atoms with Crippen molar-refractivity contribution in [3.63, 3.8) is 0 Å². The minimum atomic E-state index is -0.387. The van der Waals surface area contributed by atoms with E-state index < -0.39 is 0 Å². The molecule has 4 rings (SSSR count). The Balaban J connectivity index is 1.33. The fraction of sp³-hybridized carbons (Fsp3) is 0.320. The highest BCUT2D eigenvalue weighted by Crippen LogP contribution is 2.24. The number of rotatable bonds is 7. The Morgan fingerprint density at radius 1 is 1.00 bits per heavy atom. The SMILES string of the molecule is O=C(Cn1nc(N2CCC(Cc3ccccc3)CC2)ccc1=O)NCc1ccccc1F. The highest BCUT2D eigenvalue weighted by Gasteiger charge is 2.21. The number of hydrogen-bond acceptors (Lipinski definition) is 4. The van der Waals surface area contributed by atoms with E-state index in [-0.39, 0.29) is 30.4 Å². The minimum Gasteiger partial charge on any atom is -0.355 e. The third-order valence-electron chi connectivity index (χ3n) is 5.89. The van der Waals surface area contributed by atoms with Crippen molar-refractivity contribution in [1.82, 2.24) is 15.1 Å². The lowest BCUT2D eigenvalue weighted by Crippen LogP contribution is -2.38. The zero-order chi connectivity index (χ0) is 22.3. The number of nitrogens with zero attached hydrogens (tertiary/aromatic N) is 3. The highest BCUT2D eigenvalue weighted by molar-refractivity contribution is 5.75. The summed E-state index contributed by atoms with van der Waals surface area (Å²) >= 11 is 0. The van der Waals surface area contributed by atoms with Crippen molar-refractivity contribution >= 4 is 11.7 Å². The molecule has 0 unspecified atom stereocenters. The van der Waals surface area contributed by atoms with Gasteiger partial charge in [0.05, 0.1) is 0 Å². The smallest absolute Gasteiger partial charge is 0.267 e. The number of nitrogens with one attached hydrogen (secondary N) is 1. The van der Waals surface area contributed by atoms with Crippen LogP contribution in [0, 0.1) is 11.7 Å². The predicted octanol–water partition coefficient (Wildman–Crippen LogP) is 3.16. The van der Waals surface area contributed by atoms with E-state index in [1.165, 1.54) is 22.4 Å². The summed E-state index contributed by atoms with van der Waals surface area (Å²) in [7, 11) is 0. The molecule has 166 valence electrons. The molecule has 0 spiro atoms. The first-order chi connectivity index (χ1) is 15.6. The van der Waals surface area contributed by atoms with Gasteiger partial charge in [-0.2, -0.15) is 5.10 Å². The Kier molecular flexibility index (Phi) is 6.94. The monoisotopic (exact) mass is 434 g/mol. The van der Waals surface area contributed by atoms with Crippen molar-refractivity contribution in [3.05, 3.63) is 94.0 Å². The Hall–Kier alpha value is -3.48. The van der Waals surface area contributed by atoms with E-state index in [4.69, 9.17) is 0 Å². The fourth-order valence-electron chi connectivity index (χ4n) is 4.06. The van der Waals surface area contributed by atoms with Gasteiger partial charge in [0.25, 0.3) is 5.56 Å². The molecule has 1 fully saturated rings. The second-order valence-corrected chi connectivity index (χ2v) is 8.18. The summed E-state index contributed by atoms with van der Waals surface area (Å²) in [5, 5.41) is 7.06. The summed E-state index contributed by atoms with van der Waals surface area (Å²) in [4.78, 5) is 26.7. The number of hydrogen-bond donors (Lipinski definition) is 1. The third-order valence-corrected chi connectivity index (χ3v) is 5.89. The third kappa shape index (κ3) is 5.60. The van der Waals surface area contributed by atoms with Crippen LogP contribution in [0.1, 0.15) is 24.0 Å². The number of benzene rings is 2. The van der Waals surface area contributed by atoms with Crippen molar-refractivity contribution in [2.45, 2.75) is 32.4 Å². The molecule has 3 aromatic rings. The van der Waals surface area contributed by atoms with E-state index in [1.54, 1.807) is 24.3 Å².